The molecule has 2 rings (SSSR count). The smallest absolute Gasteiger partial charge is 0.153 e. The predicted octanol–water partition coefficient (Wildman–Crippen LogP) is 2.75. The number of nitrogens with two attached hydrogens (primary N) is 1. The fourth-order valence-corrected chi connectivity index (χ4v) is 1.79. The Bertz CT molecular complexity index is 491. The van der Waals surface area contributed by atoms with Gasteiger partial charge in [-0.2, -0.15) is 5.10 Å². The fourth-order valence-electron chi connectivity index (χ4n) is 1.79. The third-order valence-electron chi connectivity index (χ3n) is 2.51. The number of halogens is 1. The van der Waals surface area contributed by atoms with Crippen LogP contribution in [0.3, 0.4) is 0 Å². The Balaban J connectivity index is 2.54. The molecule has 0 aliphatic heterocycles. The standard InChI is InChI=1S/C12H14FN3/c1-2-5-10-11(12(14)16-15-10)8-6-3-4-7-9(8)13/h3-4,6-7H,2,5H2,1H3,(H3,14,15,16). The van der Waals surface area contributed by atoms with E-state index in [1.165, 1.54) is 6.07 Å². The van der Waals surface area contributed by atoms with Gasteiger partial charge in [-0.15, -0.1) is 0 Å². The van der Waals surface area contributed by atoms with Crippen molar-refractivity contribution in [3.05, 3.63) is 35.8 Å². The second-order valence-electron chi connectivity index (χ2n) is 3.69. The number of hydrogen-bond acceptors (Lipinski definition) is 2. The minimum absolute atomic E-state index is 0.270. The van der Waals surface area contributed by atoms with E-state index >= 15 is 0 Å². The maximum Gasteiger partial charge on any atom is 0.153 e. The van der Waals surface area contributed by atoms with Crippen molar-refractivity contribution in [2.45, 2.75) is 19.8 Å². The monoisotopic (exact) mass is 219 g/mol. The highest BCUT2D eigenvalue weighted by Crippen LogP contribution is 2.30. The molecule has 84 valence electrons. The highest BCUT2D eigenvalue weighted by Gasteiger charge is 2.15. The first-order valence-corrected chi connectivity index (χ1v) is 5.31. The van der Waals surface area contributed by atoms with E-state index in [1.54, 1.807) is 18.2 Å². The topological polar surface area (TPSA) is 54.7 Å². The van der Waals surface area contributed by atoms with Gasteiger partial charge >= 0.3 is 0 Å². The molecule has 1 aromatic heterocycles. The third-order valence-corrected chi connectivity index (χ3v) is 2.51. The lowest BCUT2D eigenvalue weighted by molar-refractivity contribution is 0.631. The molecule has 0 saturated heterocycles. The van der Waals surface area contributed by atoms with Crippen LogP contribution < -0.4 is 5.73 Å². The van der Waals surface area contributed by atoms with E-state index in [1.807, 2.05) is 0 Å². The minimum Gasteiger partial charge on any atom is -0.382 e. The van der Waals surface area contributed by atoms with Crippen LogP contribution in [0.2, 0.25) is 0 Å². The number of nitrogen functional groups attached to an aromatic ring is 1. The Morgan fingerprint density at radius 3 is 2.81 bits per heavy atom. The molecular weight excluding hydrogens is 205 g/mol. The van der Waals surface area contributed by atoms with Gasteiger partial charge in [0.1, 0.15) is 5.82 Å². The number of benzene rings is 1. The summed E-state index contributed by atoms with van der Waals surface area (Å²) in [5.41, 5.74) is 7.86. The molecule has 0 saturated carbocycles. The summed E-state index contributed by atoms with van der Waals surface area (Å²) < 4.78 is 13.7. The molecule has 0 atom stereocenters. The number of aryl methyl sites for hydroxylation is 1. The molecule has 16 heavy (non-hydrogen) atoms. The second kappa shape index (κ2) is 4.35. The van der Waals surface area contributed by atoms with Crippen LogP contribution in [-0.2, 0) is 6.42 Å². The van der Waals surface area contributed by atoms with E-state index in [-0.39, 0.29) is 5.82 Å². The Kier molecular flexibility index (Phi) is 2.90. The van der Waals surface area contributed by atoms with Gasteiger partial charge in [-0.3, -0.25) is 5.10 Å². The van der Waals surface area contributed by atoms with Crippen molar-refractivity contribution in [3.63, 3.8) is 0 Å². The van der Waals surface area contributed by atoms with Crippen LogP contribution in [-0.4, -0.2) is 10.2 Å². The van der Waals surface area contributed by atoms with Crippen LogP contribution in [0.15, 0.2) is 24.3 Å². The molecule has 0 bridgehead atoms. The van der Waals surface area contributed by atoms with Crippen molar-refractivity contribution in [1.29, 1.82) is 0 Å². The largest absolute Gasteiger partial charge is 0.382 e. The van der Waals surface area contributed by atoms with E-state index < -0.39 is 0 Å². The zero-order valence-corrected chi connectivity index (χ0v) is 9.13. The summed E-state index contributed by atoms with van der Waals surface area (Å²) in [4.78, 5) is 0. The maximum atomic E-state index is 13.7. The van der Waals surface area contributed by atoms with Gasteiger partial charge in [-0.1, -0.05) is 31.5 Å². The molecule has 0 fully saturated rings. The molecule has 0 spiro atoms. The van der Waals surface area contributed by atoms with Crippen molar-refractivity contribution in [1.82, 2.24) is 10.2 Å². The summed E-state index contributed by atoms with van der Waals surface area (Å²) in [6.45, 7) is 2.06. The van der Waals surface area contributed by atoms with Gasteiger partial charge in [-0.05, 0) is 12.5 Å². The molecule has 4 heteroatoms. The first-order chi connectivity index (χ1) is 7.74. The number of nitrogens with zero attached hydrogens (tertiary/aromatic N) is 1. The summed E-state index contributed by atoms with van der Waals surface area (Å²) >= 11 is 0. The van der Waals surface area contributed by atoms with Gasteiger partial charge in [0.2, 0.25) is 0 Å². The van der Waals surface area contributed by atoms with Crippen LogP contribution in [0.4, 0.5) is 10.2 Å². The van der Waals surface area contributed by atoms with Gasteiger partial charge in [0, 0.05) is 16.8 Å². The third kappa shape index (κ3) is 1.78. The first-order valence-electron chi connectivity index (χ1n) is 5.31. The van der Waals surface area contributed by atoms with Gasteiger partial charge in [-0.25, -0.2) is 4.39 Å². The SMILES string of the molecule is CCCc1[nH]nc(N)c1-c1ccccc1F. The molecule has 0 unspecified atom stereocenters. The van der Waals surface area contributed by atoms with Crippen LogP contribution >= 0.6 is 0 Å². The number of nitrogens with one attached hydrogen (secondary N) is 1. The zero-order chi connectivity index (χ0) is 11.5. The highest BCUT2D eigenvalue weighted by atomic mass is 19.1. The van der Waals surface area contributed by atoms with Gasteiger partial charge in [0.15, 0.2) is 5.82 Å². The number of hydrogen-bond donors (Lipinski definition) is 2. The molecule has 2 aromatic rings. The molecule has 3 N–H and O–H groups in total. The average Bonchev–Trinajstić information content (AvgIpc) is 2.62. The number of anilines is 1. The Morgan fingerprint density at radius 2 is 2.12 bits per heavy atom. The predicted molar refractivity (Wildman–Crippen MR) is 62.4 cm³/mol. The first kappa shape index (κ1) is 10.7. The number of aromatic amines is 1. The van der Waals surface area contributed by atoms with E-state index in [9.17, 15) is 4.39 Å². The van der Waals surface area contributed by atoms with E-state index in [0.29, 0.717) is 16.9 Å². The fraction of sp³-hybridized carbons (Fsp3) is 0.250. The lowest BCUT2D eigenvalue weighted by Gasteiger charge is -2.04. The van der Waals surface area contributed by atoms with Crippen molar-refractivity contribution in [2.24, 2.45) is 0 Å². The maximum absolute atomic E-state index is 13.7. The Labute approximate surface area is 93.5 Å². The summed E-state index contributed by atoms with van der Waals surface area (Å²) in [7, 11) is 0. The quantitative estimate of drug-likeness (QED) is 0.834. The minimum atomic E-state index is -0.270. The van der Waals surface area contributed by atoms with E-state index in [2.05, 4.69) is 17.1 Å². The summed E-state index contributed by atoms with van der Waals surface area (Å²) in [5.74, 6) is 0.0847. The molecule has 0 amide bonds. The van der Waals surface area contributed by atoms with E-state index in [4.69, 9.17) is 5.73 Å². The lowest BCUT2D eigenvalue weighted by Crippen LogP contribution is -1.93. The Morgan fingerprint density at radius 1 is 1.38 bits per heavy atom. The van der Waals surface area contributed by atoms with Crippen molar-refractivity contribution < 1.29 is 4.39 Å². The summed E-state index contributed by atoms with van der Waals surface area (Å²) in [5, 5.41) is 6.80. The normalized spacial score (nSPS) is 10.6. The van der Waals surface area contributed by atoms with Crippen molar-refractivity contribution in [2.75, 3.05) is 5.73 Å². The Hall–Kier alpha value is -1.84. The molecule has 3 nitrogen and oxygen atoms in total. The zero-order valence-electron chi connectivity index (χ0n) is 9.13. The number of H-pyrrole nitrogens is 1. The van der Waals surface area contributed by atoms with Crippen LogP contribution in [0.1, 0.15) is 19.0 Å². The highest BCUT2D eigenvalue weighted by molar-refractivity contribution is 5.76. The van der Waals surface area contributed by atoms with Gasteiger partial charge in [0.25, 0.3) is 0 Å². The number of aromatic nitrogens is 2. The molecule has 1 aromatic carbocycles. The van der Waals surface area contributed by atoms with Crippen molar-refractivity contribution >= 4 is 5.82 Å². The van der Waals surface area contributed by atoms with Crippen LogP contribution in [0, 0.1) is 5.82 Å². The summed E-state index contributed by atoms with van der Waals surface area (Å²) in [6, 6.07) is 6.60. The average molecular weight is 219 g/mol. The van der Waals surface area contributed by atoms with Crippen molar-refractivity contribution in [3.8, 4) is 11.1 Å². The molecule has 0 aliphatic carbocycles. The van der Waals surface area contributed by atoms with Gasteiger partial charge in [0.05, 0.1) is 0 Å². The lowest BCUT2D eigenvalue weighted by atomic mass is 10.0. The van der Waals surface area contributed by atoms with Gasteiger partial charge < -0.3 is 5.73 Å². The summed E-state index contributed by atoms with van der Waals surface area (Å²) in [6.07, 6.45) is 1.77. The second-order valence-corrected chi connectivity index (χ2v) is 3.69. The molecule has 0 aliphatic rings. The molecular formula is C12H14FN3. The number of rotatable bonds is 3. The van der Waals surface area contributed by atoms with E-state index in [0.717, 1.165) is 18.5 Å². The molecule has 0 radical (unpaired) electrons. The molecule has 1 heterocycles. The van der Waals surface area contributed by atoms with Crippen LogP contribution in [0.5, 0.6) is 0 Å². The van der Waals surface area contributed by atoms with Crippen LogP contribution in [0.25, 0.3) is 11.1 Å².